The number of alkyl halides is 3. The molecule has 1 fully saturated rings. The molecule has 33 heavy (non-hydrogen) atoms. The Morgan fingerprint density at radius 1 is 1.15 bits per heavy atom. The van der Waals surface area contributed by atoms with E-state index in [0.29, 0.717) is 17.8 Å². The first-order chi connectivity index (χ1) is 15.4. The molecule has 3 N–H and O–H groups in total. The van der Waals surface area contributed by atoms with Crippen LogP contribution in [0.15, 0.2) is 42.7 Å². The molecule has 0 saturated carbocycles. The highest BCUT2D eigenvalue weighted by atomic mass is 19.4. The third kappa shape index (κ3) is 8.49. The lowest BCUT2D eigenvalue weighted by Gasteiger charge is -2.33. The number of pyridine rings is 1. The Morgan fingerprint density at radius 3 is 2.24 bits per heavy atom. The third-order valence-corrected chi connectivity index (χ3v) is 5.21. The average Bonchev–Trinajstić information content (AvgIpc) is 2.74. The number of carbonyl (C=O) groups is 2. The van der Waals surface area contributed by atoms with Crippen LogP contribution in [0.3, 0.4) is 0 Å². The first-order valence-electron chi connectivity index (χ1n) is 10.7. The van der Waals surface area contributed by atoms with Crippen molar-refractivity contribution in [1.82, 2.24) is 15.2 Å². The summed E-state index contributed by atoms with van der Waals surface area (Å²) in [6, 6.07) is 7.43. The van der Waals surface area contributed by atoms with Crippen molar-refractivity contribution >= 4 is 17.9 Å². The minimum absolute atomic E-state index is 0.0804. The number of amides is 1. The number of rotatable bonds is 4. The fraction of sp³-hybridized carbons (Fsp3) is 0.458. The molecule has 2 heterocycles. The van der Waals surface area contributed by atoms with Gasteiger partial charge in [0.1, 0.15) is 0 Å². The first-order valence-corrected chi connectivity index (χ1v) is 10.7. The predicted molar refractivity (Wildman–Crippen MR) is 121 cm³/mol. The summed E-state index contributed by atoms with van der Waals surface area (Å²) >= 11 is 0. The molecule has 1 amide bonds. The van der Waals surface area contributed by atoms with Gasteiger partial charge in [-0.1, -0.05) is 12.1 Å². The van der Waals surface area contributed by atoms with Crippen LogP contribution in [0.2, 0.25) is 0 Å². The largest absolute Gasteiger partial charge is 0.416 e. The molecule has 1 saturated heterocycles. The summed E-state index contributed by atoms with van der Waals surface area (Å²) in [5.74, 6) is 0.228. The van der Waals surface area contributed by atoms with Crippen molar-refractivity contribution in [2.45, 2.75) is 51.9 Å². The maximum atomic E-state index is 12.2. The zero-order valence-electron chi connectivity index (χ0n) is 19.2. The summed E-state index contributed by atoms with van der Waals surface area (Å²) in [6.07, 6.45) is 0.504. The van der Waals surface area contributed by atoms with Gasteiger partial charge in [-0.25, -0.2) is 0 Å². The highest BCUT2D eigenvalue weighted by molar-refractivity contribution is 5.85. The second kappa shape index (κ2) is 11.3. The van der Waals surface area contributed by atoms with E-state index >= 15 is 0 Å². The van der Waals surface area contributed by atoms with E-state index in [1.54, 1.807) is 6.07 Å². The summed E-state index contributed by atoms with van der Waals surface area (Å²) in [6.45, 7) is 8.42. The van der Waals surface area contributed by atoms with E-state index in [1.807, 2.05) is 32.9 Å². The molecule has 0 aliphatic carbocycles. The van der Waals surface area contributed by atoms with Gasteiger partial charge in [0.25, 0.3) is 0 Å². The molecule has 6 nitrogen and oxygen atoms in total. The normalized spacial score (nSPS) is 15.3. The third-order valence-electron chi connectivity index (χ3n) is 5.21. The molecule has 0 spiro atoms. The molecule has 0 bridgehead atoms. The quantitative estimate of drug-likeness (QED) is 0.520. The summed E-state index contributed by atoms with van der Waals surface area (Å²) in [5, 5.41) is 3.06. The van der Waals surface area contributed by atoms with Crippen molar-refractivity contribution in [2.24, 2.45) is 5.92 Å². The fourth-order valence-corrected chi connectivity index (χ4v) is 3.52. The molecule has 0 radical (unpaired) electrons. The van der Waals surface area contributed by atoms with Crippen LogP contribution in [0.25, 0.3) is 0 Å². The minimum Gasteiger partial charge on any atom is -0.398 e. The van der Waals surface area contributed by atoms with Gasteiger partial charge in [-0.2, -0.15) is 13.2 Å². The SMILES string of the molecule is CC(C)(C)NC(=O)C1CCN(Cc2cccc(N)c2C=O)CC1.FC(F)(F)c1ccncc1. The Kier molecular flexibility index (Phi) is 8.99. The number of likely N-dealkylation sites (tertiary alicyclic amines) is 1. The van der Waals surface area contributed by atoms with Gasteiger partial charge in [0.05, 0.1) is 5.56 Å². The maximum Gasteiger partial charge on any atom is 0.416 e. The molecule has 180 valence electrons. The number of nitrogens with one attached hydrogen (secondary N) is 1. The van der Waals surface area contributed by atoms with E-state index in [2.05, 4.69) is 15.2 Å². The molecule has 1 aromatic heterocycles. The van der Waals surface area contributed by atoms with Gasteiger partial charge in [0.2, 0.25) is 5.91 Å². The number of benzene rings is 1. The number of hydrogen-bond acceptors (Lipinski definition) is 5. The minimum atomic E-state index is -4.25. The number of anilines is 1. The second-order valence-corrected chi connectivity index (χ2v) is 9.06. The van der Waals surface area contributed by atoms with Crippen molar-refractivity contribution in [3.8, 4) is 0 Å². The highest BCUT2D eigenvalue weighted by Crippen LogP contribution is 2.28. The van der Waals surface area contributed by atoms with Gasteiger partial charge in [0.15, 0.2) is 6.29 Å². The molecule has 9 heteroatoms. The maximum absolute atomic E-state index is 12.2. The van der Waals surface area contributed by atoms with Crippen LogP contribution < -0.4 is 11.1 Å². The number of piperidine rings is 1. The molecule has 3 rings (SSSR count). The Labute approximate surface area is 192 Å². The zero-order valence-corrected chi connectivity index (χ0v) is 19.2. The number of nitrogens with zero attached hydrogens (tertiary/aromatic N) is 2. The number of aromatic nitrogens is 1. The van der Waals surface area contributed by atoms with Crippen molar-refractivity contribution < 1.29 is 22.8 Å². The predicted octanol–water partition coefficient (Wildman–Crippen LogP) is 4.31. The van der Waals surface area contributed by atoms with E-state index in [1.165, 1.54) is 0 Å². The lowest BCUT2D eigenvalue weighted by Crippen LogP contribution is -2.46. The number of aldehydes is 1. The van der Waals surface area contributed by atoms with Gasteiger partial charge >= 0.3 is 6.18 Å². The fourth-order valence-electron chi connectivity index (χ4n) is 3.52. The van der Waals surface area contributed by atoms with Gasteiger partial charge in [-0.3, -0.25) is 19.5 Å². The van der Waals surface area contributed by atoms with Crippen molar-refractivity contribution in [3.63, 3.8) is 0 Å². The average molecular weight is 465 g/mol. The van der Waals surface area contributed by atoms with Crippen LogP contribution in [0.1, 0.15) is 55.1 Å². The second-order valence-electron chi connectivity index (χ2n) is 9.06. The summed E-state index contributed by atoms with van der Waals surface area (Å²) in [7, 11) is 0. The Bertz CT molecular complexity index is 920. The van der Waals surface area contributed by atoms with Crippen LogP contribution >= 0.6 is 0 Å². The molecule has 1 aliphatic rings. The summed E-state index contributed by atoms with van der Waals surface area (Å²) in [5.41, 5.74) is 7.07. The number of carbonyl (C=O) groups excluding carboxylic acids is 2. The molecule has 1 aromatic carbocycles. The molecular formula is C24H31F3N4O2. The number of nitrogen functional groups attached to an aromatic ring is 1. The van der Waals surface area contributed by atoms with E-state index < -0.39 is 11.7 Å². The van der Waals surface area contributed by atoms with Crippen LogP contribution in [-0.2, 0) is 17.5 Å². The van der Waals surface area contributed by atoms with E-state index in [4.69, 9.17) is 5.73 Å². The monoisotopic (exact) mass is 464 g/mol. The number of nitrogens with two attached hydrogens (primary N) is 1. The summed E-state index contributed by atoms with van der Waals surface area (Å²) in [4.78, 5) is 29.2. The van der Waals surface area contributed by atoms with Gasteiger partial charge < -0.3 is 11.1 Å². The van der Waals surface area contributed by atoms with E-state index in [0.717, 1.165) is 62.3 Å². The molecule has 0 unspecified atom stereocenters. The van der Waals surface area contributed by atoms with Gasteiger partial charge in [0, 0.05) is 41.6 Å². The van der Waals surface area contributed by atoms with Crippen LogP contribution in [-0.4, -0.2) is 40.7 Å². The van der Waals surface area contributed by atoms with Crippen molar-refractivity contribution in [2.75, 3.05) is 18.8 Å². The Balaban J connectivity index is 0.000000321. The van der Waals surface area contributed by atoms with E-state index in [-0.39, 0.29) is 17.4 Å². The van der Waals surface area contributed by atoms with Gasteiger partial charge in [-0.15, -0.1) is 0 Å². The first kappa shape index (κ1) is 26.3. The van der Waals surface area contributed by atoms with Crippen LogP contribution in [0, 0.1) is 5.92 Å². The standard InChI is InChI=1S/C18H27N3O2.C6H4F3N/c1-18(2,3)20-17(23)13-7-9-21(10-8-13)11-14-5-4-6-16(19)15(14)12-22;7-6(8,9)5-1-3-10-4-2-5/h4-6,12-13H,7-11,19H2,1-3H3,(H,20,23);1-4H. The van der Waals surface area contributed by atoms with Crippen molar-refractivity contribution in [3.05, 3.63) is 59.4 Å². The van der Waals surface area contributed by atoms with Crippen LogP contribution in [0.4, 0.5) is 18.9 Å². The Morgan fingerprint density at radius 2 is 1.76 bits per heavy atom. The Hall–Kier alpha value is -2.94. The smallest absolute Gasteiger partial charge is 0.398 e. The lowest BCUT2D eigenvalue weighted by molar-refractivity contribution is -0.137. The molecule has 1 aliphatic heterocycles. The molecule has 0 atom stereocenters. The topological polar surface area (TPSA) is 88.3 Å². The summed E-state index contributed by atoms with van der Waals surface area (Å²) < 4.78 is 35.3. The van der Waals surface area contributed by atoms with E-state index in [9.17, 15) is 22.8 Å². The highest BCUT2D eigenvalue weighted by Gasteiger charge is 2.30. The lowest BCUT2D eigenvalue weighted by atomic mass is 9.94. The number of hydrogen-bond donors (Lipinski definition) is 2. The van der Waals surface area contributed by atoms with Gasteiger partial charge in [-0.05, 0) is 70.5 Å². The molecule has 2 aromatic rings. The van der Waals surface area contributed by atoms with Crippen molar-refractivity contribution in [1.29, 1.82) is 0 Å². The molecular weight excluding hydrogens is 433 g/mol. The zero-order chi connectivity index (χ0) is 24.6. The van der Waals surface area contributed by atoms with Crippen LogP contribution in [0.5, 0.6) is 0 Å². The number of halogens is 3.